The summed E-state index contributed by atoms with van der Waals surface area (Å²) < 4.78 is 1.85. The van der Waals surface area contributed by atoms with E-state index in [0.717, 1.165) is 25.9 Å². The molecule has 1 rings (SSSR count). The van der Waals surface area contributed by atoms with Gasteiger partial charge in [-0.05, 0) is 32.1 Å². The maximum Gasteiger partial charge on any atom is 0.137 e. The lowest BCUT2D eigenvalue weighted by atomic mass is 9.86. The highest BCUT2D eigenvalue weighted by atomic mass is 16.3. The molecule has 0 spiro atoms. The Balaban J connectivity index is 2.21. The summed E-state index contributed by atoms with van der Waals surface area (Å²) in [7, 11) is 0. The molecule has 2 N–H and O–H groups in total. The summed E-state index contributed by atoms with van der Waals surface area (Å²) in [5, 5.41) is 17.0. The van der Waals surface area contributed by atoms with E-state index in [1.807, 2.05) is 11.6 Å². The third kappa shape index (κ3) is 6.12. The molecule has 2 atom stereocenters. The van der Waals surface area contributed by atoms with Gasteiger partial charge in [-0.15, -0.1) is 0 Å². The second-order valence-electron chi connectivity index (χ2n) is 5.95. The van der Waals surface area contributed by atoms with Crippen molar-refractivity contribution in [1.82, 2.24) is 20.1 Å². The number of aryl methyl sites for hydroxylation is 1. The summed E-state index contributed by atoms with van der Waals surface area (Å²) in [6.07, 6.45) is 4.89. The van der Waals surface area contributed by atoms with Gasteiger partial charge < -0.3 is 10.4 Å². The number of rotatable bonds is 8. The van der Waals surface area contributed by atoms with Crippen LogP contribution in [0.5, 0.6) is 0 Å². The average molecular weight is 254 g/mol. The van der Waals surface area contributed by atoms with Crippen LogP contribution in [0.2, 0.25) is 0 Å². The smallest absolute Gasteiger partial charge is 0.137 e. The van der Waals surface area contributed by atoms with Crippen molar-refractivity contribution in [2.24, 2.45) is 5.41 Å². The first-order valence-corrected chi connectivity index (χ1v) is 6.63. The van der Waals surface area contributed by atoms with Gasteiger partial charge >= 0.3 is 0 Å². The Morgan fingerprint density at radius 2 is 2.11 bits per heavy atom. The molecule has 1 heterocycles. The Kier molecular flexibility index (Phi) is 5.75. The number of hydrogen-bond donors (Lipinski definition) is 2. The standard InChI is InChI=1S/C13H26N4O/c1-11(5-6-17-10-14-9-16-17)15-8-13(3,4)7-12(2)18/h9-12,15,18H,5-8H2,1-4H3. The van der Waals surface area contributed by atoms with Crippen LogP contribution in [-0.2, 0) is 6.54 Å². The van der Waals surface area contributed by atoms with Crippen molar-refractivity contribution in [1.29, 1.82) is 0 Å². The number of nitrogens with one attached hydrogen (secondary N) is 1. The third-order valence-corrected chi connectivity index (χ3v) is 3.03. The molecule has 0 saturated carbocycles. The van der Waals surface area contributed by atoms with Crippen LogP contribution in [0, 0.1) is 5.41 Å². The minimum absolute atomic E-state index is 0.121. The normalized spacial score (nSPS) is 15.6. The number of aliphatic hydroxyl groups excluding tert-OH is 1. The van der Waals surface area contributed by atoms with Gasteiger partial charge in [-0.2, -0.15) is 5.10 Å². The Morgan fingerprint density at radius 1 is 1.39 bits per heavy atom. The molecule has 0 aliphatic heterocycles. The van der Waals surface area contributed by atoms with Gasteiger partial charge in [0.2, 0.25) is 0 Å². The largest absolute Gasteiger partial charge is 0.393 e. The van der Waals surface area contributed by atoms with Gasteiger partial charge in [0.15, 0.2) is 0 Å². The van der Waals surface area contributed by atoms with E-state index in [0.29, 0.717) is 6.04 Å². The molecule has 0 fully saturated rings. The fraction of sp³-hybridized carbons (Fsp3) is 0.846. The maximum absolute atomic E-state index is 9.44. The van der Waals surface area contributed by atoms with E-state index in [9.17, 15) is 5.11 Å². The summed E-state index contributed by atoms with van der Waals surface area (Å²) in [4.78, 5) is 3.92. The predicted molar refractivity (Wildman–Crippen MR) is 72.2 cm³/mol. The molecule has 18 heavy (non-hydrogen) atoms. The van der Waals surface area contributed by atoms with Gasteiger partial charge in [0.1, 0.15) is 12.7 Å². The van der Waals surface area contributed by atoms with Crippen molar-refractivity contribution in [2.45, 2.75) is 59.2 Å². The van der Waals surface area contributed by atoms with Crippen LogP contribution in [0.1, 0.15) is 40.5 Å². The van der Waals surface area contributed by atoms with Crippen LogP contribution in [0.4, 0.5) is 0 Å². The fourth-order valence-electron chi connectivity index (χ4n) is 2.10. The zero-order valence-electron chi connectivity index (χ0n) is 11.9. The summed E-state index contributed by atoms with van der Waals surface area (Å²) in [5.41, 5.74) is 0.121. The Labute approximate surface area is 110 Å². The second-order valence-corrected chi connectivity index (χ2v) is 5.95. The van der Waals surface area contributed by atoms with Gasteiger partial charge in [-0.1, -0.05) is 13.8 Å². The molecule has 1 aromatic heterocycles. The Morgan fingerprint density at radius 3 is 2.67 bits per heavy atom. The van der Waals surface area contributed by atoms with Gasteiger partial charge in [-0.3, -0.25) is 4.68 Å². The van der Waals surface area contributed by atoms with E-state index in [1.165, 1.54) is 0 Å². The highest BCUT2D eigenvalue weighted by Crippen LogP contribution is 2.21. The molecule has 0 saturated heterocycles. The van der Waals surface area contributed by atoms with Gasteiger partial charge in [-0.25, -0.2) is 4.98 Å². The van der Waals surface area contributed by atoms with Crippen LogP contribution in [0.15, 0.2) is 12.7 Å². The first kappa shape index (κ1) is 15.1. The van der Waals surface area contributed by atoms with Crippen LogP contribution in [0.3, 0.4) is 0 Å². The third-order valence-electron chi connectivity index (χ3n) is 3.03. The molecule has 0 amide bonds. The van der Waals surface area contributed by atoms with Gasteiger partial charge in [0.25, 0.3) is 0 Å². The lowest BCUT2D eigenvalue weighted by molar-refractivity contribution is 0.126. The van der Waals surface area contributed by atoms with E-state index in [4.69, 9.17) is 0 Å². The van der Waals surface area contributed by atoms with Crippen molar-refractivity contribution >= 4 is 0 Å². The highest BCUT2D eigenvalue weighted by molar-refractivity contribution is 4.76. The molecule has 2 unspecified atom stereocenters. The zero-order chi connectivity index (χ0) is 13.6. The highest BCUT2D eigenvalue weighted by Gasteiger charge is 2.20. The number of aliphatic hydroxyl groups is 1. The molecule has 5 heteroatoms. The second kappa shape index (κ2) is 6.85. The van der Waals surface area contributed by atoms with E-state index < -0.39 is 0 Å². The first-order valence-electron chi connectivity index (χ1n) is 6.63. The van der Waals surface area contributed by atoms with Crippen molar-refractivity contribution in [2.75, 3.05) is 6.54 Å². The predicted octanol–water partition coefficient (Wildman–Crippen LogP) is 1.44. The average Bonchev–Trinajstić information content (AvgIpc) is 2.74. The van der Waals surface area contributed by atoms with Gasteiger partial charge in [0.05, 0.1) is 6.10 Å². The Hall–Kier alpha value is -0.940. The molecule has 0 aromatic carbocycles. The lowest BCUT2D eigenvalue weighted by Gasteiger charge is -2.28. The first-order chi connectivity index (χ1) is 8.39. The molecule has 0 aliphatic carbocycles. The van der Waals surface area contributed by atoms with E-state index in [-0.39, 0.29) is 11.5 Å². The van der Waals surface area contributed by atoms with Crippen LogP contribution in [-0.4, -0.2) is 38.6 Å². The SMILES string of the molecule is CC(O)CC(C)(C)CNC(C)CCn1cncn1. The molecule has 1 aromatic rings. The summed E-state index contributed by atoms with van der Waals surface area (Å²) in [6.45, 7) is 10.2. The molecule has 0 bridgehead atoms. The summed E-state index contributed by atoms with van der Waals surface area (Å²) in [5.74, 6) is 0. The van der Waals surface area contributed by atoms with E-state index >= 15 is 0 Å². The topological polar surface area (TPSA) is 63.0 Å². The molecular formula is C13H26N4O. The molecule has 104 valence electrons. The maximum atomic E-state index is 9.44. The molecule has 5 nitrogen and oxygen atoms in total. The van der Waals surface area contributed by atoms with Crippen LogP contribution < -0.4 is 5.32 Å². The molecule has 0 radical (unpaired) electrons. The van der Waals surface area contributed by atoms with Crippen LogP contribution in [0.25, 0.3) is 0 Å². The van der Waals surface area contributed by atoms with Crippen LogP contribution >= 0.6 is 0 Å². The molecule has 0 aliphatic rings. The van der Waals surface area contributed by atoms with Gasteiger partial charge in [0, 0.05) is 19.1 Å². The summed E-state index contributed by atoms with van der Waals surface area (Å²) in [6, 6.07) is 0.433. The quantitative estimate of drug-likeness (QED) is 0.737. The Bertz CT molecular complexity index is 322. The summed E-state index contributed by atoms with van der Waals surface area (Å²) >= 11 is 0. The number of nitrogens with zero attached hydrogens (tertiary/aromatic N) is 3. The number of hydrogen-bond acceptors (Lipinski definition) is 4. The fourth-order valence-corrected chi connectivity index (χ4v) is 2.10. The minimum Gasteiger partial charge on any atom is -0.393 e. The van der Waals surface area contributed by atoms with Crippen molar-refractivity contribution in [3.8, 4) is 0 Å². The van der Waals surface area contributed by atoms with Crippen molar-refractivity contribution in [3.63, 3.8) is 0 Å². The molecular weight excluding hydrogens is 228 g/mol. The minimum atomic E-state index is -0.243. The zero-order valence-corrected chi connectivity index (χ0v) is 11.9. The monoisotopic (exact) mass is 254 g/mol. The van der Waals surface area contributed by atoms with E-state index in [1.54, 1.807) is 12.7 Å². The van der Waals surface area contributed by atoms with Crippen molar-refractivity contribution in [3.05, 3.63) is 12.7 Å². The van der Waals surface area contributed by atoms with E-state index in [2.05, 4.69) is 36.2 Å². The lowest BCUT2D eigenvalue weighted by Crippen LogP contribution is -2.37. The van der Waals surface area contributed by atoms with Crippen molar-refractivity contribution < 1.29 is 5.11 Å². The number of aromatic nitrogens is 3.